The van der Waals surface area contributed by atoms with E-state index in [-0.39, 0.29) is 11.8 Å². The lowest BCUT2D eigenvalue weighted by Crippen LogP contribution is -2.46. The maximum absolute atomic E-state index is 12.5. The zero-order chi connectivity index (χ0) is 20.1. The van der Waals surface area contributed by atoms with Crippen LogP contribution in [0, 0.1) is 0 Å². The van der Waals surface area contributed by atoms with E-state index in [0.29, 0.717) is 48.2 Å². The van der Waals surface area contributed by atoms with E-state index >= 15 is 0 Å². The first-order chi connectivity index (χ1) is 13.4. The van der Waals surface area contributed by atoms with Crippen molar-refractivity contribution < 1.29 is 27.4 Å². The number of alkyl halides is 3. The summed E-state index contributed by atoms with van der Waals surface area (Å²) in [5.41, 5.74) is 0.509. The van der Waals surface area contributed by atoms with Gasteiger partial charge in [0.25, 0.3) is 0 Å². The molecule has 1 N–H and O–H groups in total. The first-order valence-corrected chi connectivity index (χ1v) is 9.69. The Labute approximate surface area is 164 Å². The number of carbonyl (C=O) groups is 1. The minimum Gasteiger partial charge on any atom is -0.406 e. The summed E-state index contributed by atoms with van der Waals surface area (Å²) in [5, 5.41) is 3.18. The Morgan fingerprint density at radius 1 is 1.39 bits per heavy atom. The van der Waals surface area contributed by atoms with Crippen molar-refractivity contribution in [1.82, 2.24) is 15.2 Å². The highest BCUT2D eigenvalue weighted by Gasteiger charge is 2.31. The Balaban J connectivity index is 1.79. The fraction of sp³-hybridized carbons (Fsp3) is 0.529. The monoisotopic (exact) mass is 418 g/mol. The number of amides is 2. The summed E-state index contributed by atoms with van der Waals surface area (Å²) in [6, 6.07) is 3.65. The van der Waals surface area contributed by atoms with E-state index in [1.54, 1.807) is 0 Å². The molecule has 0 bridgehead atoms. The van der Waals surface area contributed by atoms with Crippen LogP contribution in [0.2, 0.25) is 0 Å². The van der Waals surface area contributed by atoms with Crippen molar-refractivity contribution in [1.29, 1.82) is 0 Å². The van der Waals surface area contributed by atoms with Crippen LogP contribution in [0.3, 0.4) is 0 Å². The van der Waals surface area contributed by atoms with Crippen molar-refractivity contribution in [2.45, 2.75) is 13.3 Å². The molecule has 2 aromatic rings. The van der Waals surface area contributed by atoms with E-state index in [2.05, 4.69) is 19.9 Å². The number of hydrogen-bond donors (Lipinski definition) is 1. The van der Waals surface area contributed by atoms with Crippen LogP contribution in [-0.2, 0) is 4.74 Å². The van der Waals surface area contributed by atoms with Crippen molar-refractivity contribution >= 4 is 32.7 Å². The quantitative estimate of drug-likeness (QED) is 0.781. The third-order valence-electron chi connectivity index (χ3n) is 4.13. The molecule has 0 spiro atoms. The minimum absolute atomic E-state index is 0.290. The van der Waals surface area contributed by atoms with Gasteiger partial charge in [0.05, 0.1) is 23.4 Å². The summed E-state index contributed by atoms with van der Waals surface area (Å²) >= 11 is 1.15. The fourth-order valence-corrected chi connectivity index (χ4v) is 3.82. The molecule has 0 atom stereocenters. The minimum atomic E-state index is -4.76. The number of halogens is 3. The van der Waals surface area contributed by atoms with Gasteiger partial charge in [-0.25, -0.2) is 9.78 Å². The van der Waals surface area contributed by atoms with Crippen LogP contribution < -0.4 is 15.0 Å². The van der Waals surface area contributed by atoms with E-state index in [4.69, 9.17) is 4.74 Å². The maximum Gasteiger partial charge on any atom is 0.573 e. The number of ether oxygens (including phenoxy) is 2. The van der Waals surface area contributed by atoms with E-state index in [9.17, 15) is 18.0 Å². The Hall–Kier alpha value is -2.11. The number of anilines is 1. The van der Waals surface area contributed by atoms with Crippen LogP contribution in [0.1, 0.15) is 6.92 Å². The zero-order valence-corrected chi connectivity index (χ0v) is 16.1. The predicted molar refractivity (Wildman–Crippen MR) is 100.0 cm³/mol. The second kappa shape index (κ2) is 8.93. The fourth-order valence-electron chi connectivity index (χ4n) is 2.80. The van der Waals surface area contributed by atoms with Gasteiger partial charge in [-0.3, -0.25) is 9.80 Å². The van der Waals surface area contributed by atoms with Crippen LogP contribution in [-0.4, -0.2) is 68.2 Å². The molecule has 1 saturated heterocycles. The largest absolute Gasteiger partial charge is 0.573 e. The molecule has 7 nitrogen and oxygen atoms in total. The smallest absolute Gasteiger partial charge is 0.406 e. The van der Waals surface area contributed by atoms with Gasteiger partial charge in [0.1, 0.15) is 5.75 Å². The van der Waals surface area contributed by atoms with Crippen molar-refractivity contribution in [3.05, 3.63) is 18.2 Å². The van der Waals surface area contributed by atoms with Gasteiger partial charge in [0, 0.05) is 38.8 Å². The molecular weight excluding hydrogens is 397 g/mol. The molecule has 1 aliphatic rings. The number of benzene rings is 1. The van der Waals surface area contributed by atoms with Gasteiger partial charge in [0.2, 0.25) is 0 Å². The standard InChI is InChI=1S/C17H21F3N4O3S/c1-2-21-15(25)24(6-5-23-7-9-26-10-8-23)16-22-13-4-3-12(11-14(13)28-16)27-17(18,19)20/h3-4,11H,2,5-10H2,1H3,(H,21,25). The number of carbonyl (C=O) groups excluding carboxylic acids is 1. The number of hydrogen-bond acceptors (Lipinski definition) is 6. The normalized spacial score (nSPS) is 15.6. The van der Waals surface area contributed by atoms with Gasteiger partial charge in [-0.1, -0.05) is 11.3 Å². The van der Waals surface area contributed by atoms with Gasteiger partial charge >= 0.3 is 12.4 Å². The number of rotatable bonds is 6. The molecule has 0 aliphatic carbocycles. The molecule has 11 heteroatoms. The summed E-state index contributed by atoms with van der Waals surface area (Å²) in [4.78, 5) is 20.6. The first kappa shape index (κ1) is 20.6. The molecule has 1 fully saturated rings. The number of fused-ring (bicyclic) bond motifs is 1. The lowest BCUT2D eigenvalue weighted by molar-refractivity contribution is -0.274. The Morgan fingerprint density at radius 3 is 2.82 bits per heavy atom. The zero-order valence-electron chi connectivity index (χ0n) is 15.3. The predicted octanol–water partition coefficient (Wildman–Crippen LogP) is 3.06. The Morgan fingerprint density at radius 2 is 2.14 bits per heavy atom. The van der Waals surface area contributed by atoms with Crippen LogP contribution in [0.25, 0.3) is 10.2 Å². The molecule has 1 aliphatic heterocycles. The SMILES string of the molecule is CCNC(=O)N(CCN1CCOCC1)c1nc2ccc(OC(F)(F)F)cc2s1. The molecule has 0 radical (unpaired) electrons. The van der Waals surface area contributed by atoms with Crippen LogP contribution in [0.15, 0.2) is 18.2 Å². The van der Waals surface area contributed by atoms with Gasteiger partial charge in [-0.15, -0.1) is 13.2 Å². The molecule has 28 heavy (non-hydrogen) atoms. The molecule has 3 rings (SSSR count). The maximum atomic E-state index is 12.5. The third kappa shape index (κ3) is 5.46. The Bertz CT molecular complexity index is 809. The van der Waals surface area contributed by atoms with Gasteiger partial charge in [-0.2, -0.15) is 0 Å². The van der Waals surface area contributed by atoms with Crippen LogP contribution in [0.5, 0.6) is 5.75 Å². The molecule has 1 aromatic carbocycles. The average Bonchev–Trinajstić information content (AvgIpc) is 3.04. The van der Waals surface area contributed by atoms with E-state index in [0.717, 1.165) is 24.4 Å². The summed E-state index contributed by atoms with van der Waals surface area (Å²) in [5.74, 6) is -0.312. The first-order valence-electron chi connectivity index (χ1n) is 8.87. The molecule has 1 aromatic heterocycles. The van der Waals surface area contributed by atoms with Crippen molar-refractivity contribution in [3.63, 3.8) is 0 Å². The van der Waals surface area contributed by atoms with Crippen LogP contribution >= 0.6 is 11.3 Å². The topological polar surface area (TPSA) is 66.9 Å². The number of thiazole rings is 1. The highest BCUT2D eigenvalue weighted by atomic mass is 32.1. The molecule has 0 unspecified atom stereocenters. The summed E-state index contributed by atoms with van der Waals surface area (Å²) < 4.78 is 47.1. The number of morpholine rings is 1. The number of urea groups is 1. The van der Waals surface area contributed by atoms with Gasteiger partial charge in [0.15, 0.2) is 5.13 Å². The molecular formula is C17H21F3N4O3S. The van der Waals surface area contributed by atoms with Gasteiger partial charge in [-0.05, 0) is 19.1 Å². The summed E-state index contributed by atoms with van der Waals surface area (Å²) in [6.45, 7) is 6.24. The average molecular weight is 418 g/mol. The molecule has 2 heterocycles. The lowest BCUT2D eigenvalue weighted by Gasteiger charge is -2.29. The molecule has 0 saturated carbocycles. The third-order valence-corrected chi connectivity index (χ3v) is 5.17. The number of aromatic nitrogens is 1. The Kier molecular flexibility index (Phi) is 6.57. The van der Waals surface area contributed by atoms with Crippen LogP contribution in [0.4, 0.5) is 23.1 Å². The second-order valence-corrected chi connectivity index (χ2v) is 7.12. The van der Waals surface area contributed by atoms with Crippen molar-refractivity contribution in [2.75, 3.05) is 50.8 Å². The second-order valence-electron chi connectivity index (χ2n) is 6.11. The van der Waals surface area contributed by atoms with E-state index in [1.165, 1.54) is 23.1 Å². The van der Waals surface area contributed by atoms with Crippen molar-refractivity contribution in [3.8, 4) is 5.75 Å². The van der Waals surface area contributed by atoms with Crippen molar-refractivity contribution in [2.24, 2.45) is 0 Å². The highest BCUT2D eigenvalue weighted by molar-refractivity contribution is 7.22. The summed E-state index contributed by atoms with van der Waals surface area (Å²) in [6.07, 6.45) is -4.76. The molecule has 2 amide bonds. The summed E-state index contributed by atoms with van der Waals surface area (Å²) in [7, 11) is 0. The number of nitrogens with zero attached hydrogens (tertiary/aromatic N) is 3. The number of nitrogens with one attached hydrogen (secondary N) is 1. The highest BCUT2D eigenvalue weighted by Crippen LogP contribution is 2.33. The van der Waals surface area contributed by atoms with E-state index in [1.807, 2.05) is 6.92 Å². The van der Waals surface area contributed by atoms with E-state index < -0.39 is 6.36 Å². The lowest BCUT2D eigenvalue weighted by atomic mass is 10.3. The molecule has 154 valence electrons. The van der Waals surface area contributed by atoms with Gasteiger partial charge < -0.3 is 14.8 Å².